The van der Waals surface area contributed by atoms with Crippen molar-refractivity contribution in [3.05, 3.63) is 135 Å². The Morgan fingerprint density at radius 3 is 1.81 bits per heavy atom. The van der Waals surface area contributed by atoms with Gasteiger partial charge in [-0.15, -0.1) is 0 Å². The van der Waals surface area contributed by atoms with Crippen LogP contribution in [0.5, 0.6) is 5.75 Å². The number of halogens is 13. The van der Waals surface area contributed by atoms with Gasteiger partial charge < -0.3 is 15.2 Å². The first-order valence-corrected chi connectivity index (χ1v) is 15.5. The summed E-state index contributed by atoms with van der Waals surface area (Å²) in [5.74, 6) is -10.1. The predicted octanol–water partition coefficient (Wildman–Crippen LogP) is 9.95. The molecule has 0 aromatic heterocycles. The standard InChI is InChI=1S/C36H26F13NO4/c1-2-20(31(52)53)11-18-3-5-19(6-4-18)17-33(22-8-10-29(39)27(15-22)35(45,46)47,23-13-24(37)16-25(14-23)54-36(48,49)32(40)41)50-30(51)21-7-9-28(38)26(12-21)34(42,43)44/h3-10,12-16,20,32H,2,11,17H2,1H3,(H,50,51)(H,52,53). The van der Waals surface area contributed by atoms with Crippen LogP contribution in [0.2, 0.25) is 0 Å². The number of carboxylic acids is 1. The molecule has 2 unspecified atom stereocenters. The van der Waals surface area contributed by atoms with E-state index in [-0.39, 0.29) is 48.7 Å². The number of carbonyl (C=O) groups excluding carboxylic acids is 1. The third-order valence-electron chi connectivity index (χ3n) is 8.31. The van der Waals surface area contributed by atoms with Crippen LogP contribution in [0.25, 0.3) is 0 Å². The van der Waals surface area contributed by atoms with Gasteiger partial charge in [0.1, 0.15) is 23.2 Å². The second kappa shape index (κ2) is 15.6. The zero-order valence-electron chi connectivity index (χ0n) is 27.4. The van der Waals surface area contributed by atoms with Crippen LogP contribution in [-0.2, 0) is 35.5 Å². The van der Waals surface area contributed by atoms with Crippen LogP contribution < -0.4 is 10.1 Å². The number of carbonyl (C=O) groups is 2. The van der Waals surface area contributed by atoms with Crippen LogP contribution in [0.15, 0.2) is 78.9 Å². The lowest BCUT2D eigenvalue weighted by Gasteiger charge is -2.37. The minimum absolute atomic E-state index is 0.00402. The van der Waals surface area contributed by atoms with Crippen LogP contribution >= 0.6 is 0 Å². The molecule has 0 spiro atoms. The number of aliphatic carboxylic acids is 1. The van der Waals surface area contributed by atoms with E-state index in [9.17, 15) is 67.4 Å². The number of amides is 1. The molecule has 0 aliphatic rings. The molecule has 0 bridgehead atoms. The Bertz CT molecular complexity index is 2000. The van der Waals surface area contributed by atoms with E-state index >= 15 is 4.39 Å². The maximum atomic E-state index is 15.2. The molecular formula is C36H26F13NO4. The van der Waals surface area contributed by atoms with E-state index in [0.29, 0.717) is 29.8 Å². The molecule has 18 heteroatoms. The molecule has 4 aromatic rings. The zero-order chi connectivity index (χ0) is 40.4. The molecule has 2 N–H and O–H groups in total. The molecule has 0 saturated carbocycles. The number of hydrogen-bond donors (Lipinski definition) is 2. The lowest BCUT2D eigenvalue weighted by molar-refractivity contribution is -0.253. The van der Waals surface area contributed by atoms with E-state index in [2.05, 4.69) is 10.1 Å². The Morgan fingerprint density at radius 2 is 1.28 bits per heavy atom. The van der Waals surface area contributed by atoms with Crippen molar-refractivity contribution in [1.29, 1.82) is 0 Å². The van der Waals surface area contributed by atoms with Crippen LogP contribution in [0.1, 0.15) is 57.1 Å². The van der Waals surface area contributed by atoms with Crippen molar-refractivity contribution in [3.8, 4) is 5.75 Å². The summed E-state index contributed by atoms with van der Waals surface area (Å²) in [6, 6.07) is 8.33. The van der Waals surface area contributed by atoms with Gasteiger partial charge in [-0.25, -0.2) is 13.2 Å². The van der Waals surface area contributed by atoms with Gasteiger partial charge in [0.15, 0.2) is 0 Å². The Hall–Kier alpha value is -5.29. The predicted molar refractivity (Wildman–Crippen MR) is 164 cm³/mol. The molecule has 1 amide bonds. The van der Waals surface area contributed by atoms with Crippen LogP contribution in [0.4, 0.5) is 57.1 Å². The average molecular weight is 784 g/mol. The molecule has 0 saturated heterocycles. The SMILES string of the molecule is CCC(Cc1ccc(CC(NC(=O)c2ccc(F)c(C(F)(F)F)c2)(c2cc(F)cc(OC(F)(F)C(F)F)c2)c2ccc(F)c(C(F)(F)F)c2)cc1)C(=O)O. The van der Waals surface area contributed by atoms with Crippen molar-refractivity contribution >= 4 is 11.9 Å². The van der Waals surface area contributed by atoms with Crippen molar-refractivity contribution in [2.45, 2.75) is 56.6 Å². The molecule has 0 heterocycles. The van der Waals surface area contributed by atoms with Gasteiger partial charge >= 0.3 is 30.9 Å². The molecule has 5 nitrogen and oxygen atoms in total. The van der Waals surface area contributed by atoms with Crippen LogP contribution in [0, 0.1) is 23.4 Å². The first-order valence-electron chi connectivity index (χ1n) is 15.5. The minimum Gasteiger partial charge on any atom is -0.481 e. The largest absolute Gasteiger partial charge is 0.481 e. The van der Waals surface area contributed by atoms with Gasteiger partial charge in [0.25, 0.3) is 5.91 Å². The Balaban J connectivity index is 2.04. The van der Waals surface area contributed by atoms with E-state index < -0.39 is 106 Å². The molecule has 0 radical (unpaired) electrons. The van der Waals surface area contributed by atoms with Gasteiger partial charge in [-0.1, -0.05) is 37.3 Å². The molecule has 290 valence electrons. The first kappa shape index (κ1) is 41.5. The van der Waals surface area contributed by atoms with Crippen LogP contribution in [-0.4, -0.2) is 29.5 Å². The summed E-state index contributed by atoms with van der Waals surface area (Å²) in [5, 5.41) is 11.6. The Morgan fingerprint density at radius 1 is 0.722 bits per heavy atom. The molecular weight excluding hydrogens is 757 g/mol. The third kappa shape index (κ3) is 9.43. The normalized spacial score (nSPS) is 14.1. The highest BCUT2D eigenvalue weighted by Gasteiger charge is 2.46. The Kier molecular flexibility index (Phi) is 12.0. The summed E-state index contributed by atoms with van der Waals surface area (Å²) in [6.45, 7) is 1.61. The number of ether oxygens (including phenoxy) is 1. The van der Waals surface area contributed by atoms with Crippen LogP contribution in [0.3, 0.4) is 0 Å². The lowest BCUT2D eigenvalue weighted by Crippen LogP contribution is -2.49. The average Bonchev–Trinajstić information content (AvgIpc) is 3.06. The van der Waals surface area contributed by atoms with Gasteiger partial charge in [-0.05, 0) is 77.6 Å². The maximum absolute atomic E-state index is 15.2. The summed E-state index contributed by atoms with van der Waals surface area (Å²) in [7, 11) is 0. The van der Waals surface area contributed by atoms with Gasteiger partial charge in [0, 0.05) is 18.1 Å². The van der Waals surface area contributed by atoms with E-state index in [1.165, 1.54) is 24.3 Å². The monoisotopic (exact) mass is 783 g/mol. The first-order chi connectivity index (χ1) is 25.0. The summed E-state index contributed by atoms with van der Waals surface area (Å²) in [4.78, 5) is 25.4. The second-order valence-corrected chi connectivity index (χ2v) is 12.0. The third-order valence-corrected chi connectivity index (χ3v) is 8.31. The highest BCUT2D eigenvalue weighted by atomic mass is 19.4. The van der Waals surface area contributed by atoms with Crippen molar-refractivity contribution in [2.24, 2.45) is 5.92 Å². The second-order valence-electron chi connectivity index (χ2n) is 12.0. The van der Waals surface area contributed by atoms with E-state index in [1.54, 1.807) is 6.92 Å². The number of rotatable bonds is 13. The topological polar surface area (TPSA) is 75.6 Å². The maximum Gasteiger partial charge on any atom is 0.461 e. The van der Waals surface area contributed by atoms with E-state index in [4.69, 9.17) is 0 Å². The fourth-order valence-electron chi connectivity index (χ4n) is 5.58. The number of benzene rings is 4. The van der Waals surface area contributed by atoms with Crippen molar-refractivity contribution in [1.82, 2.24) is 5.32 Å². The van der Waals surface area contributed by atoms with Crippen molar-refractivity contribution < 1.29 is 76.5 Å². The number of nitrogens with one attached hydrogen (secondary N) is 1. The quantitative estimate of drug-likeness (QED) is 0.133. The Labute approximate surface area is 297 Å². The van der Waals surface area contributed by atoms with Gasteiger partial charge in [-0.3, -0.25) is 9.59 Å². The molecule has 0 aliphatic heterocycles. The van der Waals surface area contributed by atoms with Gasteiger partial charge in [0.05, 0.1) is 22.6 Å². The lowest BCUT2D eigenvalue weighted by atomic mass is 9.76. The van der Waals surface area contributed by atoms with Gasteiger partial charge in [0.2, 0.25) is 0 Å². The van der Waals surface area contributed by atoms with E-state index in [0.717, 1.165) is 0 Å². The molecule has 0 aliphatic carbocycles. The molecule has 0 fully saturated rings. The fraction of sp³-hybridized carbons (Fsp3) is 0.278. The summed E-state index contributed by atoms with van der Waals surface area (Å²) < 4.78 is 185. The number of hydrogen-bond acceptors (Lipinski definition) is 3. The molecule has 2 atom stereocenters. The molecule has 4 aromatic carbocycles. The molecule has 54 heavy (non-hydrogen) atoms. The van der Waals surface area contributed by atoms with E-state index in [1.807, 2.05) is 0 Å². The highest BCUT2D eigenvalue weighted by molar-refractivity contribution is 5.95. The highest BCUT2D eigenvalue weighted by Crippen LogP contribution is 2.41. The molecule has 4 rings (SSSR count). The summed E-state index contributed by atoms with van der Waals surface area (Å²) in [5.41, 5.74) is -8.75. The summed E-state index contributed by atoms with van der Waals surface area (Å²) >= 11 is 0. The van der Waals surface area contributed by atoms with Crippen molar-refractivity contribution in [3.63, 3.8) is 0 Å². The smallest absolute Gasteiger partial charge is 0.461 e. The summed E-state index contributed by atoms with van der Waals surface area (Å²) in [6.07, 6.45) is -21.2. The zero-order valence-corrected chi connectivity index (χ0v) is 27.4. The fourth-order valence-corrected chi connectivity index (χ4v) is 5.58. The number of carboxylic acid groups (broad SMARTS) is 1. The minimum atomic E-state index is -5.44. The van der Waals surface area contributed by atoms with Gasteiger partial charge in [-0.2, -0.15) is 43.9 Å². The number of alkyl halides is 10. The van der Waals surface area contributed by atoms with Crippen molar-refractivity contribution in [2.75, 3.05) is 0 Å².